The summed E-state index contributed by atoms with van der Waals surface area (Å²) in [6.07, 6.45) is 3.23. The van der Waals surface area contributed by atoms with Crippen molar-refractivity contribution in [1.29, 1.82) is 0 Å². The third-order valence-electron chi connectivity index (χ3n) is 2.88. The summed E-state index contributed by atoms with van der Waals surface area (Å²) >= 11 is 0. The predicted octanol–water partition coefficient (Wildman–Crippen LogP) is 2.01. The number of nitrogens with one attached hydrogen (secondary N) is 3. The molecule has 6 heteroatoms. The lowest BCUT2D eigenvalue weighted by atomic mass is 10.2. The van der Waals surface area contributed by atoms with Gasteiger partial charge in [-0.3, -0.25) is 0 Å². The molecular weight excluding hydrogens is 240 g/mol. The molecule has 0 spiro atoms. The molecule has 0 aliphatic carbocycles. The molecule has 0 atom stereocenters. The first-order valence-corrected chi connectivity index (χ1v) is 6.01. The minimum absolute atomic E-state index is 0.703. The molecule has 3 aromatic rings. The second-order valence-corrected chi connectivity index (χ2v) is 4.15. The van der Waals surface area contributed by atoms with Crippen LogP contribution in [-0.2, 0) is 6.54 Å². The molecular formula is C13H14N6. The van der Waals surface area contributed by atoms with Gasteiger partial charge < -0.3 is 15.6 Å². The van der Waals surface area contributed by atoms with Crippen LogP contribution in [0.15, 0.2) is 36.9 Å². The molecule has 0 radical (unpaired) electrons. The van der Waals surface area contributed by atoms with E-state index in [9.17, 15) is 0 Å². The van der Waals surface area contributed by atoms with E-state index in [1.165, 1.54) is 11.9 Å². The number of anilines is 2. The Morgan fingerprint density at radius 1 is 1.11 bits per heavy atom. The van der Waals surface area contributed by atoms with Gasteiger partial charge in [0.1, 0.15) is 18.0 Å². The van der Waals surface area contributed by atoms with E-state index in [0.717, 1.165) is 22.7 Å². The zero-order valence-electron chi connectivity index (χ0n) is 10.5. The third-order valence-corrected chi connectivity index (χ3v) is 2.88. The predicted molar refractivity (Wildman–Crippen MR) is 75.0 cm³/mol. The lowest BCUT2D eigenvalue weighted by Gasteiger charge is -2.06. The normalized spacial score (nSPS) is 10.6. The number of aromatic amines is 1. The van der Waals surface area contributed by atoms with Gasteiger partial charge in [-0.1, -0.05) is 6.07 Å². The van der Waals surface area contributed by atoms with Gasteiger partial charge in [-0.25, -0.2) is 15.0 Å². The van der Waals surface area contributed by atoms with Crippen LogP contribution < -0.4 is 10.6 Å². The van der Waals surface area contributed by atoms with Crippen molar-refractivity contribution in [2.24, 2.45) is 0 Å². The molecule has 2 aromatic heterocycles. The number of benzene rings is 1. The first-order chi connectivity index (χ1) is 9.35. The van der Waals surface area contributed by atoms with Crippen molar-refractivity contribution in [1.82, 2.24) is 19.9 Å². The molecule has 0 amide bonds. The molecule has 0 saturated carbocycles. The standard InChI is InChI=1S/C13H14N6/c1-14-12-5-13(19-8-18-12)15-6-9-2-3-10-11(4-9)17-7-16-10/h2-5,7-8H,6H2,1H3,(H,16,17)(H2,14,15,18,19). The van der Waals surface area contributed by atoms with Gasteiger partial charge in [0, 0.05) is 19.7 Å². The summed E-state index contributed by atoms with van der Waals surface area (Å²) in [4.78, 5) is 15.5. The largest absolute Gasteiger partial charge is 0.373 e. The Morgan fingerprint density at radius 3 is 2.89 bits per heavy atom. The Morgan fingerprint density at radius 2 is 2.00 bits per heavy atom. The Balaban J connectivity index is 1.74. The molecule has 6 nitrogen and oxygen atoms in total. The summed E-state index contributed by atoms with van der Waals surface area (Å²) in [6, 6.07) is 8.00. The van der Waals surface area contributed by atoms with Crippen molar-refractivity contribution >= 4 is 22.7 Å². The van der Waals surface area contributed by atoms with Crippen molar-refractivity contribution < 1.29 is 0 Å². The van der Waals surface area contributed by atoms with Crippen LogP contribution >= 0.6 is 0 Å². The van der Waals surface area contributed by atoms with Crippen molar-refractivity contribution in [3.05, 3.63) is 42.5 Å². The van der Waals surface area contributed by atoms with Crippen LogP contribution in [0.4, 0.5) is 11.6 Å². The van der Waals surface area contributed by atoms with Crippen LogP contribution in [0.3, 0.4) is 0 Å². The fraction of sp³-hybridized carbons (Fsp3) is 0.154. The summed E-state index contributed by atoms with van der Waals surface area (Å²) in [5, 5.41) is 6.25. The summed E-state index contributed by atoms with van der Waals surface area (Å²) in [7, 11) is 1.83. The van der Waals surface area contributed by atoms with Gasteiger partial charge in [0.25, 0.3) is 0 Å². The number of fused-ring (bicyclic) bond motifs is 1. The van der Waals surface area contributed by atoms with E-state index in [1.807, 2.05) is 19.2 Å². The van der Waals surface area contributed by atoms with Crippen molar-refractivity contribution in [3.8, 4) is 0 Å². The average molecular weight is 254 g/mol. The summed E-state index contributed by atoms with van der Waals surface area (Å²) in [5.41, 5.74) is 3.18. The van der Waals surface area contributed by atoms with E-state index >= 15 is 0 Å². The molecule has 0 fully saturated rings. The number of nitrogens with zero attached hydrogens (tertiary/aromatic N) is 3. The highest BCUT2D eigenvalue weighted by atomic mass is 15.0. The number of hydrogen-bond donors (Lipinski definition) is 3. The maximum Gasteiger partial charge on any atom is 0.131 e. The summed E-state index contributed by atoms with van der Waals surface area (Å²) < 4.78 is 0. The molecule has 0 bridgehead atoms. The summed E-state index contributed by atoms with van der Waals surface area (Å²) in [6.45, 7) is 0.703. The van der Waals surface area contributed by atoms with E-state index in [4.69, 9.17) is 0 Å². The zero-order valence-corrected chi connectivity index (χ0v) is 10.5. The Bertz CT molecular complexity index is 690. The van der Waals surface area contributed by atoms with Crippen LogP contribution in [0, 0.1) is 0 Å². The number of H-pyrrole nitrogens is 1. The quantitative estimate of drug-likeness (QED) is 0.663. The van der Waals surface area contributed by atoms with Crippen LogP contribution in [-0.4, -0.2) is 27.0 Å². The fourth-order valence-corrected chi connectivity index (χ4v) is 1.88. The average Bonchev–Trinajstić information content (AvgIpc) is 2.93. The molecule has 96 valence electrons. The van der Waals surface area contributed by atoms with Gasteiger partial charge in [0.15, 0.2) is 0 Å². The highest BCUT2D eigenvalue weighted by Crippen LogP contribution is 2.14. The Labute approximate surface area is 110 Å². The van der Waals surface area contributed by atoms with Crippen molar-refractivity contribution in [2.45, 2.75) is 6.54 Å². The zero-order chi connectivity index (χ0) is 13.1. The van der Waals surface area contributed by atoms with Crippen LogP contribution in [0.1, 0.15) is 5.56 Å². The molecule has 3 rings (SSSR count). The molecule has 3 N–H and O–H groups in total. The first kappa shape index (κ1) is 11.5. The number of hydrogen-bond acceptors (Lipinski definition) is 5. The first-order valence-electron chi connectivity index (χ1n) is 6.01. The van der Waals surface area contributed by atoms with Gasteiger partial charge in [-0.15, -0.1) is 0 Å². The third kappa shape index (κ3) is 2.47. The molecule has 0 aliphatic rings. The van der Waals surface area contributed by atoms with Gasteiger partial charge in [0.05, 0.1) is 17.4 Å². The van der Waals surface area contributed by atoms with Gasteiger partial charge >= 0.3 is 0 Å². The Hall–Kier alpha value is -2.63. The fourth-order valence-electron chi connectivity index (χ4n) is 1.88. The molecule has 2 heterocycles. The van der Waals surface area contributed by atoms with Crippen LogP contribution in [0.5, 0.6) is 0 Å². The highest BCUT2D eigenvalue weighted by molar-refractivity contribution is 5.75. The topological polar surface area (TPSA) is 78.5 Å². The second kappa shape index (κ2) is 4.93. The van der Waals surface area contributed by atoms with Crippen LogP contribution in [0.2, 0.25) is 0 Å². The number of aromatic nitrogens is 4. The minimum atomic E-state index is 0.703. The lowest BCUT2D eigenvalue weighted by molar-refractivity contribution is 1.08. The van der Waals surface area contributed by atoms with E-state index in [-0.39, 0.29) is 0 Å². The molecule has 1 aromatic carbocycles. The highest BCUT2D eigenvalue weighted by Gasteiger charge is 2.00. The minimum Gasteiger partial charge on any atom is -0.373 e. The van der Waals surface area contributed by atoms with E-state index in [2.05, 4.69) is 42.7 Å². The molecule has 0 unspecified atom stereocenters. The van der Waals surface area contributed by atoms with E-state index in [1.54, 1.807) is 6.33 Å². The Kier molecular flexibility index (Phi) is 2.97. The van der Waals surface area contributed by atoms with Gasteiger partial charge in [-0.05, 0) is 17.7 Å². The maximum absolute atomic E-state index is 4.20. The van der Waals surface area contributed by atoms with Crippen molar-refractivity contribution in [3.63, 3.8) is 0 Å². The van der Waals surface area contributed by atoms with Gasteiger partial charge in [-0.2, -0.15) is 0 Å². The molecule has 0 aliphatic heterocycles. The lowest BCUT2D eigenvalue weighted by Crippen LogP contribution is -2.03. The van der Waals surface area contributed by atoms with Crippen LogP contribution in [0.25, 0.3) is 11.0 Å². The van der Waals surface area contributed by atoms with E-state index in [0.29, 0.717) is 6.54 Å². The second-order valence-electron chi connectivity index (χ2n) is 4.15. The molecule has 0 saturated heterocycles. The number of rotatable bonds is 4. The van der Waals surface area contributed by atoms with E-state index < -0.39 is 0 Å². The summed E-state index contributed by atoms with van der Waals surface area (Å²) in [5.74, 6) is 1.59. The molecule has 19 heavy (non-hydrogen) atoms. The maximum atomic E-state index is 4.20. The monoisotopic (exact) mass is 254 g/mol. The number of imidazole rings is 1. The van der Waals surface area contributed by atoms with Crippen molar-refractivity contribution in [2.75, 3.05) is 17.7 Å². The smallest absolute Gasteiger partial charge is 0.131 e. The SMILES string of the molecule is CNc1cc(NCc2ccc3nc[nH]c3c2)ncn1. The van der Waals surface area contributed by atoms with Gasteiger partial charge in [0.2, 0.25) is 0 Å².